The van der Waals surface area contributed by atoms with Gasteiger partial charge in [-0.25, -0.2) is 4.98 Å². The third-order valence-electron chi connectivity index (χ3n) is 3.41. The summed E-state index contributed by atoms with van der Waals surface area (Å²) in [5.74, 6) is 1.48. The molecule has 2 rings (SSSR count). The molecule has 1 atom stereocenters. The van der Waals surface area contributed by atoms with Crippen molar-refractivity contribution in [1.82, 2.24) is 9.88 Å². The van der Waals surface area contributed by atoms with Gasteiger partial charge in [-0.1, -0.05) is 13.0 Å². The molecule has 0 aromatic carbocycles. The first-order valence-electron chi connectivity index (χ1n) is 6.39. The summed E-state index contributed by atoms with van der Waals surface area (Å²) < 4.78 is 0. The number of pyridine rings is 1. The van der Waals surface area contributed by atoms with Crippen LogP contribution in [0.1, 0.15) is 6.92 Å². The Bertz CT molecular complexity index is 384. The standard InChI is InChI=1S/C13H21N5/c1-11(13(14)15)10-17-6-8-18(9-7-17)12-4-2-3-5-16-12/h2-5,11H,6-10H2,1H3,(H3,14,15). The highest BCUT2D eigenvalue weighted by atomic mass is 15.3. The molecule has 0 amide bonds. The van der Waals surface area contributed by atoms with Gasteiger partial charge in [0.25, 0.3) is 0 Å². The minimum Gasteiger partial charge on any atom is -0.387 e. The van der Waals surface area contributed by atoms with Gasteiger partial charge in [-0.05, 0) is 12.1 Å². The van der Waals surface area contributed by atoms with Crippen molar-refractivity contribution < 1.29 is 0 Å². The molecule has 18 heavy (non-hydrogen) atoms. The van der Waals surface area contributed by atoms with E-state index in [1.165, 1.54) is 0 Å². The second-order valence-corrected chi connectivity index (χ2v) is 4.83. The number of anilines is 1. The molecule has 5 nitrogen and oxygen atoms in total. The Balaban J connectivity index is 1.83. The first-order chi connectivity index (χ1) is 8.66. The molecule has 1 aromatic rings. The van der Waals surface area contributed by atoms with Crippen LogP contribution in [0.25, 0.3) is 0 Å². The molecule has 3 N–H and O–H groups in total. The highest BCUT2D eigenvalue weighted by Gasteiger charge is 2.19. The van der Waals surface area contributed by atoms with E-state index < -0.39 is 0 Å². The summed E-state index contributed by atoms with van der Waals surface area (Å²) in [5, 5.41) is 7.42. The van der Waals surface area contributed by atoms with Crippen LogP contribution in [0.3, 0.4) is 0 Å². The summed E-state index contributed by atoms with van der Waals surface area (Å²) in [6, 6.07) is 6.01. The molecule has 1 aromatic heterocycles. The molecule has 1 saturated heterocycles. The number of nitrogens with one attached hydrogen (secondary N) is 1. The minimum absolute atomic E-state index is 0.145. The van der Waals surface area contributed by atoms with Crippen LogP contribution in [0.4, 0.5) is 5.82 Å². The summed E-state index contributed by atoms with van der Waals surface area (Å²) in [6.45, 7) is 6.88. The molecule has 0 radical (unpaired) electrons. The first-order valence-corrected chi connectivity index (χ1v) is 6.39. The van der Waals surface area contributed by atoms with E-state index in [2.05, 4.69) is 14.8 Å². The van der Waals surface area contributed by atoms with Crippen LogP contribution in [0.2, 0.25) is 0 Å². The Morgan fingerprint density at radius 2 is 2.11 bits per heavy atom. The van der Waals surface area contributed by atoms with Crippen LogP contribution in [0.15, 0.2) is 24.4 Å². The van der Waals surface area contributed by atoms with Crippen molar-refractivity contribution in [1.29, 1.82) is 5.41 Å². The van der Waals surface area contributed by atoms with Crippen molar-refractivity contribution in [2.75, 3.05) is 37.6 Å². The number of aromatic nitrogens is 1. The average Bonchev–Trinajstić information content (AvgIpc) is 2.40. The van der Waals surface area contributed by atoms with E-state index in [4.69, 9.17) is 11.1 Å². The van der Waals surface area contributed by atoms with Crippen LogP contribution in [-0.2, 0) is 0 Å². The third-order valence-corrected chi connectivity index (χ3v) is 3.41. The molecule has 5 heteroatoms. The maximum absolute atomic E-state index is 7.42. The van der Waals surface area contributed by atoms with Gasteiger partial charge in [0.1, 0.15) is 5.82 Å². The predicted molar refractivity (Wildman–Crippen MR) is 74.0 cm³/mol. The van der Waals surface area contributed by atoms with Gasteiger partial charge in [-0.15, -0.1) is 0 Å². The molecular weight excluding hydrogens is 226 g/mol. The molecule has 1 aliphatic heterocycles. The summed E-state index contributed by atoms with van der Waals surface area (Å²) in [6.07, 6.45) is 1.83. The van der Waals surface area contributed by atoms with Crippen molar-refractivity contribution in [2.24, 2.45) is 11.7 Å². The molecule has 1 fully saturated rings. The number of nitrogens with two attached hydrogens (primary N) is 1. The molecule has 0 aliphatic carbocycles. The molecule has 2 heterocycles. The van der Waals surface area contributed by atoms with E-state index in [0.717, 1.165) is 38.5 Å². The number of hydrogen-bond donors (Lipinski definition) is 2. The van der Waals surface area contributed by atoms with E-state index in [9.17, 15) is 0 Å². The van der Waals surface area contributed by atoms with E-state index >= 15 is 0 Å². The lowest BCUT2D eigenvalue weighted by atomic mass is 10.1. The third kappa shape index (κ3) is 3.20. The zero-order valence-corrected chi connectivity index (χ0v) is 10.8. The number of hydrogen-bond acceptors (Lipinski definition) is 4. The van der Waals surface area contributed by atoms with Crippen LogP contribution in [0.5, 0.6) is 0 Å². The topological polar surface area (TPSA) is 69.2 Å². The number of piperazine rings is 1. The van der Waals surface area contributed by atoms with Gasteiger partial charge in [0.2, 0.25) is 0 Å². The Labute approximate surface area is 108 Å². The highest BCUT2D eigenvalue weighted by Crippen LogP contribution is 2.13. The lowest BCUT2D eigenvalue weighted by Crippen LogP contribution is -2.48. The fraction of sp³-hybridized carbons (Fsp3) is 0.538. The normalized spacial score (nSPS) is 18.6. The van der Waals surface area contributed by atoms with Crippen molar-refractivity contribution in [2.45, 2.75) is 6.92 Å². The Hall–Kier alpha value is -1.62. The second kappa shape index (κ2) is 5.82. The zero-order valence-electron chi connectivity index (χ0n) is 10.8. The number of nitrogens with zero attached hydrogens (tertiary/aromatic N) is 3. The monoisotopic (exact) mass is 247 g/mol. The van der Waals surface area contributed by atoms with Crippen molar-refractivity contribution in [3.8, 4) is 0 Å². The molecule has 0 bridgehead atoms. The summed E-state index contributed by atoms with van der Waals surface area (Å²) in [7, 11) is 0. The molecule has 1 unspecified atom stereocenters. The SMILES string of the molecule is CC(CN1CCN(c2ccccn2)CC1)C(=N)N. The van der Waals surface area contributed by atoms with Crippen LogP contribution >= 0.6 is 0 Å². The lowest BCUT2D eigenvalue weighted by molar-refractivity contribution is 0.243. The van der Waals surface area contributed by atoms with E-state index in [1.54, 1.807) is 0 Å². The summed E-state index contributed by atoms with van der Waals surface area (Å²) in [4.78, 5) is 9.04. The summed E-state index contributed by atoms with van der Waals surface area (Å²) >= 11 is 0. The quantitative estimate of drug-likeness (QED) is 0.609. The van der Waals surface area contributed by atoms with Gasteiger partial charge >= 0.3 is 0 Å². The lowest BCUT2D eigenvalue weighted by Gasteiger charge is -2.36. The smallest absolute Gasteiger partial charge is 0.128 e. The Kier molecular flexibility index (Phi) is 4.15. The maximum atomic E-state index is 7.42. The average molecular weight is 247 g/mol. The van der Waals surface area contributed by atoms with Gasteiger partial charge < -0.3 is 10.6 Å². The Morgan fingerprint density at radius 3 is 2.67 bits per heavy atom. The van der Waals surface area contributed by atoms with E-state index in [-0.39, 0.29) is 11.8 Å². The molecular formula is C13H21N5. The number of amidine groups is 1. The number of rotatable bonds is 4. The van der Waals surface area contributed by atoms with Crippen molar-refractivity contribution >= 4 is 11.7 Å². The molecule has 98 valence electrons. The largest absolute Gasteiger partial charge is 0.387 e. The molecule has 1 aliphatic rings. The second-order valence-electron chi connectivity index (χ2n) is 4.83. The fourth-order valence-electron chi connectivity index (χ4n) is 2.19. The zero-order chi connectivity index (χ0) is 13.0. The van der Waals surface area contributed by atoms with Gasteiger partial charge in [0.05, 0.1) is 5.84 Å². The van der Waals surface area contributed by atoms with E-state index in [0.29, 0.717) is 0 Å². The maximum Gasteiger partial charge on any atom is 0.128 e. The van der Waals surface area contributed by atoms with Gasteiger partial charge in [-0.2, -0.15) is 0 Å². The van der Waals surface area contributed by atoms with E-state index in [1.807, 2.05) is 31.3 Å². The minimum atomic E-state index is 0.145. The Morgan fingerprint density at radius 1 is 1.39 bits per heavy atom. The van der Waals surface area contributed by atoms with Crippen molar-refractivity contribution in [3.05, 3.63) is 24.4 Å². The van der Waals surface area contributed by atoms with Gasteiger partial charge in [0, 0.05) is 44.8 Å². The van der Waals surface area contributed by atoms with Crippen LogP contribution in [0, 0.1) is 11.3 Å². The summed E-state index contributed by atoms with van der Waals surface area (Å²) in [5.41, 5.74) is 5.51. The first kappa shape index (κ1) is 12.8. The fourth-order valence-corrected chi connectivity index (χ4v) is 2.19. The van der Waals surface area contributed by atoms with Gasteiger partial charge in [-0.3, -0.25) is 10.3 Å². The van der Waals surface area contributed by atoms with Gasteiger partial charge in [0.15, 0.2) is 0 Å². The van der Waals surface area contributed by atoms with Crippen LogP contribution in [-0.4, -0.2) is 48.4 Å². The predicted octanol–water partition coefficient (Wildman–Crippen LogP) is 0.776. The molecule has 0 saturated carbocycles. The van der Waals surface area contributed by atoms with Crippen molar-refractivity contribution in [3.63, 3.8) is 0 Å². The highest BCUT2D eigenvalue weighted by molar-refractivity contribution is 5.79. The molecule has 0 spiro atoms. The van der Waals surface area contributed by atoms with Crippen LogP contribution < -0.4 is 10.6 Å².